The van der Waals surface area contributed by atoms with Crippen LogP contribution in [0.3, 0.4) is 0 Å². The highest BCUT2D eigenvalue weighted by molar-refractivity contribution is 9.10. The van der Waals surface area contributed by atoms with Gasteiger partial charge in [-0.1, -0.05) is 51.8 Å². The second-order valence-electron chi connectivity index (χ2n) is 4.47. The normalized spacial score (nSPS) is 10.6. The maximum absolute atomic E-state index is 5.93. The summed E-state index contributed by atoms with van der Waals surface area (Å²) in [5.74, 6) is 0.946. The smallest absolute Gasteiger partial charge is 0.122 e. The van der Waals surface area contributed by atoms with Gasteiger partial charge in [-0.3, -0.25) is 0 Å². The quantitative estimate of drug-likeness (QED) is 0.774. The number of rotatable bonds is 6. The van der Waals surface area contributed by atoms with Gasteiger partial charge >= 0.3 is 0 Å². The van der Waals surface area contributed by atoms with Crippen molar-refractivity contribution in [2.45, 2.75) is 13.0 Å². The molecule has 0 heterocycles. The predicted octanol–water partition coefficient (Wildman–Crippen LogP) is 4.44. The largest absolute Gasteiger partial charge is 0.496 e. The molecule has 4 heteroatoms. The molecule has 20 heavy (non-hydrogen) atoms. The van der Waals surface area contributed by atoms with Gasteiger partial charge in [0, 0.05) is 16.0 Å². The molecule has 2 aromatic rings. The maximum Gasteiger partial charge on any atom is 0.122 e. The van der Waals surface area contributed by atoms with E-state index in [2.05, 4.69) is 27.3 Å². The van der Waals surface area contributed by atoms with E-state index in [9.17, 15) is 0 Å². The number of halogens is 2. The Morgan fingerprint density at radius 3 is 2.70 bits per heavy atom. The van der Waals surface area contributed by atoms with Crippen molar-refractivity contribution in [2.75, 3.05) is 13.7 Å². The molecule has 0 atom stereocenters. The molecule has 0 bridgehead atoms. The third kappa shape index (κ3) is 4.23. The molecule has 2 nitrogen and oxygen atoms in total. The minimum absolute atomic E-state index is 0.745. The number of nitrogens with one attached hydrogen (secondary N) is 1. The summed E-state index contributed by atoms with van der Waals surface area (Å²) in [5.41, 5.74) is 2.42. The van der Waals surface area contributed by atoms with Crippen molar-refractivity contribution in [2.24, 2.45) is 0 Å². The highest BCUT2D eigenvalue weighted by Crippen LogP contribution is 2.21. The fourth-order valence-corrected chi connectivity index (χ4v) is 2.84. The van der Waals surface area contributed by atoms with E-state index in [1.165, 1.54) is 11.1 Å². The summed E-state index contributed by atoms with van der Waals surface area (Å²) in [6.45, 7) is 1.71. The molecule has 0 aromatic heterocycles. The lowest BCUT2D eigenvalue weighted by atomic mass is 10.1. The van der Waals surface area contributed by atoms with Crippen LogP contribution in [0.5, 0.6) is 5.75 Å². The van der Waals surface area contributed by atoms with Crippen LogP contribution in [-0.4, -0.2) is 13.7 Å². The van der Waals surface area contributed by atoms with Gasteiger partial charge < -0.3 is 10.1 Å². The number of ether oxygens (including phenoxy) is 1. The number of methoxy groups -OCH3 is 1. The summed E-state index contributed by atoms with van der Waals surface area (Å²) in [6.07, 6.45) is 0.940. The fraction of sp³-hybridized carbons (Fsp3) is 0.250. The SMILES string of the molecule is COc1ccccc1CCNCc1ccc(Cl)cc1Br. The van der Waals surface area contributed by atoms with Gasteiger partial charge in [0.25, 0.3) is 0 Å². The van der Waals surface area contributed by atoms with E-state index in [0.717, 1.165) is 34.8 Å². The fourth-order valence-electron chi connectivity index (χ4n) is 2.02. The summed E-state index contributed by atoms with van der Waals surface area (Å²) in [7, 11) is 1.71. The van der Waals surface area contributed by atoms with Crippen molar-refractivity contribution in [1.29, 1.82) is 0 Å². The number of benzene rings is 2. The maximum atomic E-state index is 5.93. The summed E-state index contributed by atoms with van der Waals surface area (Å²) in [6, 6.07) is 14.0. The van der Waals surface area contributed by atoms with Crippen LogP contribution in [0.2, 0.25) is 5.02 Å². The molecule has 0 aliphatic carbocycles. The summed E-state index contributed by atoms with van der Waals surface area (Å²) < 4.78 is 6.38. The van der Waals surface area contributed by atoms with Gasteiger partial charge in [0.15, 0.2) is 0 Å². The minimum Gasteiger partial charge on any atom is -0.496 e. The third-order valence-corrected chi connectivity index (χ3v) is 4.07. The standard InChI is InChI=1S/C16H17BrClNO/c1-20-16-5-3-2-4-12(16)8-9-19-11-13-6-7-14(18)10-15(13)17/h2-7,10,19H,8-9,11H2,1H3. The van der Waals surface area contributed by atoms with E-state index in [-0.39, 0.29) is 0 Å². The molecule has 0 aliphatic rings. The monoisotopic (exact) mass is 353 g/mol. The molecule has 2 aromatic carbocycles. The van der Waals surface area contributed by atoms with Gasteiger partial charge in [-0.15, -0.1) is 0 Å². The van der Waals surface area contributed by atoms with Gasteiger partial charge in [-0.25, -0.2) is 0 Å². The lowest BCUT2D eigenvalue weighted by Crippen LogP contribution is -2.17. The Hall–Kier alpha value is -1.03. The van der Waals surface area contributed by atoms with Crippen LogP contribution < -0.4 is 10.1 Å². The van der Waals surface area contributed by atoms with Crippen LogP contribution in [0, 0.1) is 0 Å². The summed E-state index contributed by atoms with van der Waals surface area (Å²) in [4.78, 5) is 0. The Kier molecular flexibility index (Phi) is 5.89. The first-order valence-corrected chi connectivity index (χ1v) is 7.64. The van der Waals surface area contributed by atoms with Crippen molar-refractivity contribution in [1.82, 2.24) is 5.32 Å². The number of hydrogen-bond donors (Lipinski definition) is 1. The molecule has 0 saturated carbocycles. The van der Waals surface area contributed by atoms with Crippen molar-refractivity contribution in [3.63, 3.8) is 0 Å². The molecular formula is C16H17BrClNO. The highest BCUT2D eigenvalue weighted by Gasteiger charge is 2.03. The van der Waals surface area contributed by atoms with Crippen LogP contribution in [0.15, 0.2) is 46.9 Å². The Bertz CT molecular complexity index is 574. The van der Waals surface area contributed by atoms with Crippen LogP contribution in [0.1, 0.15) is 11.1 Å². The molecule has 2 rings (SSSR count). The predicted molar refractivity (Wildman–Crippen MR) is 87.6 cm³/mol. The van der Waals surface area contributed by atoms with Crippen molar-refractivity contribution >= 4 is 27.5 Å². The lowest BCUT2D eigenvalue weighted by molar-refractivity contribution is 0.409. The average Bonchev–Trinajstić information content (AvgIpc) is 2.46. The van der Waals surface area contributed by atoms with E-state index in [0.29, 0.717) is 0 Å². The van der Waals surface area contributed by atoms with E-state index in [1.54, 1.807) is 7.11 Å². The Morgan fingerprint density at radius 2 is 1.95 bits per heavy atom. The van der Waals surface area contributed by atoms with Gasteiger partial charge in [-0.05, 0) is 42.3 Å². The topological polar surface area (TPSA) is 21.3 Å². The van der Waals surface area contributed by atoms with Gasteiger partial charge in [0.05, 0.1) is 7.11 Å². The zero-order chi connectivity index (χ0) is 14.4. The first kappa shape index (κ1) is 15.4. The number of para-hydroxylation sites is 1. The van der Waals surface area contributed by atoms with Gasteiger partial charge in [0.1, 0.15) is 5.75 Å². The van der Waals surface area contributed by atoms with Crippen molar-refractivity contribution in [3.8, 4) is 5.75 Å². The Morgan fingerprint density at radius 1 is 1.15 bits per heavy atom. The van der Waals surface area contributed by atoms with Crippen LogP contribution in [-0.2, 0) is 13.0 Å². The molecule has 0 radical (unpaired) electrons. The molecule has 0 saturated heterocycles. The van der Waals surface area contributed by atoms with Gasteiger partial charge in [0.2, 0.25) is 0 Å². The van der Waals surface area contributed by atoms with E-state index in [1.807, 2.05) is 36.4 Å². The molecule has 0 unspecified atom stereocenters. The zero-order valence-corrected chi connectivity index (χ0v) is 13.7. The second-order valence-corrected chi connectivity index (χ2v) is 5.77. The highest BCUT2D eigenvalue weighted by atomic mass is 79.9. The average molecular weight is 355 g/mol. The van der Waals surface area contributed by atoms with E-state index >= 15 is 0 Å². The van der Waals surface area contributed by atoms with Crippen LogP contribution >= 0.6 is 27.5 Å². The minimum atomic E-state index is 0.745. The second kappa shape index (κ2) is 7.67. The summed E-state index contributed by atoms with van der Waals surface area (Å²) in [5, 5.41) is 4.18. The van der Waals surface area contributed by atoms with Crippen LogP contribution in [0.25, 0.3) is 0 Å². The number of hydrogen-bond acceptors (Lipinski definition) is 2. The van der Waals surface area contributed by atoms with Crippen molar-refractivity contribution < 1.29 is 4.74 Å². The molecule has 0 aliphatic heterocycles. The Labute approximate surface area is 133 Å². The molecular weight excluding hydrogens is 338 g/mol. The van der Waals surface area contributed by atoms with E-state index < -0.39 is 0 Å². The summed E-state index contributed by atoms with van der Waals surface area (Å²) >= 11 is 9.45. The third-order valence-electron chi connectivity index (χ3n) is 3.09. The van der Waals surface area contributed by atoms with Crippen LogP contribution in [0.4, 0.5) is 0 Å². The lowest BCUT2D eigenvalue weighted by Gasteiger charge is -2.10. The van der Waals surface area contributed by atoms with E-state index in [4.69, 9.17) is 16.3 Å². The first-order chi connectivity index (χ1) is 9.70. The first-order valence-electron chi connectivity index (χ1n) is 6.47. The molecule has 1 N–H and O–H groups in total. The molecule has 106 valence electrons. The zero-order valence-electron chi connectivity index (χ0n) is 11.3. The van der Waals surface area contributed by atoms with Crippen molar-refractivity contribution in [3.05, 3.63) is 63.1 Å². The molecule has 0 spiro atoms. The Balaban J connectivity index is 1.84. The molecule has 0 fully saturated rings. The van der Waals surface area contributed by atoms with Gasteiger partial charge in [-0.2, -0.15) is 0 Å². The molecule has 0 amide bonds.